The smallest absolute Gasteiger partial charge is 0.342 e. The van der Waals surface area contributed by atoms with Crippen molar-refractivity contribution in [3.63, 3.8) is 0 Å². The molecule has 0 radical (unpaired) electrons. The Morgan fingerprint density at radius 3 is 2.78 bits per heavy atom. The summed E-state index contributed by atoms with van der Waals surface area (Å²) in [6, 6.07) is 7.43. The van der Waals surface area contributed by atoms with Gasteiger partial charge in [0.2, 0.25) is 5.89 Å². The normalized spacial score (nSPS) is 11.7. The van der Waals surface area contributed by atoms with Gasteiger partial charge in [-0.1, -0.05) is 18.2 Å². The monoisotopic (exact) mass is 387 g/mol. The van der Waals surface area contributed by atoms with Crippen molar-refractivity contribution in [1.29, 1.82) is 0 Å². The van der Waals surface area contributed by atoms with Gasteiger partial charge in [0.25, 0.3) is 5.22 Å². The SMILES string of the molecule is CCOC(=O)Cn1cc(/C=C(\Sc2nnc(C)o2)C(=O)O)c2ccccc21. The number of hydrogen-bond donors (Lipinski definition) is 1. The molecule has 0 aliphatic rings. The second-order valence-corrected chi connectivity index (χ2v) is 6.53. The molecule has 0 atom stereocenters. The number of ether oxygens (including phenoxy) is 1. The van der Waals surface area contributed by atoms with Crippen LogP contribution < -0.4 is 0 Å². The third kappa shape index (κ3) is 4.37. The van der Waals surface area contributed by atoms with Gasteiger partial charge in [-0.15, -0.1) is 10.2 Å². The number of para-hydroxylation sites is 1. The Labute approximate surface area is 158 Å². The van der Waals surface area contributed by atoms with Gasteiger partial charge in [0.15, 0.2) is 0 Å². The second-order valence-electron chi connectivity index (χ2n) is 5.54. The third-order valence-corrected chi connectivity index (χ3v) is 4.48. The van der Waals surface area contributed by atoms with E-state index in [0.29, 0.717) is 18.1 Å². The van der Waals surface area contributed by atoms with Gasteiger partial charge in [-0.3, -0.25) is 4.79 Å². The Bertz CT molecular complexity index is 1020. The third-order valence-electron chi connectivity index (χ3n) is 3.63. The molecule has 0 bridgehead atoms. The fraction of sp³-hybridized carbons (Fsp3) is 0.222. The van der Waals surface area contributed by atoms with Gasteiger partial charge >= 0.3 is 11.9 Å². The molecule has 140 valence electrons. The van der Waals surface area contributed by atoms with E-state index < -0.39 is 5.97 Å². The number of carboxylic acids is 1. The van der Waals surface area contributed by atoms with Crippen molar-refractivity contribution in [2.24, 2.45) is 0 Å². The quantitative estimate of drug-likeness (QED) is 0.374. The molecule has 0 spiro atoms. The summed E-state index contributed by atoms with van der Waals surface area (Å²) in [7, 11) is 0. The maximum absolute atomic E-state index is 11.9. The predicted octanol–water partition coefficient (Wildman–Crippen LogP) is 3.11. The molecule has 2 aromatic heterocycles. The molecule has 2 heterocycles. The molecule has 0 amide bonds. The van der Waals surface area contributed by atoms with Crippen LogP contribution in [0.15, 0.2) is 45.0 Å². The van der Waals surface area contributed by atoms with E-state index in [2.05, 4.69) is 10.2 Å². The first-order valence-electron chi connectivity index (χ1n) is 8.14. The van der Waals surface area contributed by atoms with E-state index in [9.17, 15) is 14.7 Å². The maximum atomic E-state index is 11.9. The Morgan fingerprint density at radius 1 is 1.33 bits per heavy atom. The van der Waals surface area contributed by atoms with E-state index in [4.69, 9.17) is 9.15 Å². The first kappa shape index (κ1) is 18.7. The van der Waals surface area contributed by atoms with E-state index in [0.717, 1.165) is 22.7 Å². The molecule has 27 heavy (non-hydrogen) atoms. The highest BCUT2D eigenvalue weighted by Gasteiger charge is 2.17. The maximum Gasteiger partial charge on any atom is 0.342 e. The lowest BCUT2D eigenvalue weighted by atomic mass is 10.1. The standard InChI is InChI=1S/C18H17N3O5S/c1-3-25-16(22)10-21-9-12(13-6-4-5-7-14(13)21)8-15(17(23)24)27-18-20-19-11(2)26-18/h4-9H,3,10H2,1-2H3,(H,23,24)/b15-8-. The summed E-state index contributed by atoms with van der Waals surface area (Å²) in [6.07, 6.45) is 3.25. The number of carbonyl (C=O) groups excluding carboxylic acids is 1. The van der Waals surface area contributed by atoms with E-state index >= 15 is 0 Å². The predicted molar refractivity (Wildman–Crippen MR) is 99.1 cm³/mol. The lowest BCUT2D eigenvalue weighted by Gasteiger charge is -2.04. The number of aromatic nitrogens is 3. The van der Waals surface area contributed by atoms with Crippen molar-refractivity contribution in [1.82, 2.24) is 14.8 Å². The van der Waals surface area contributed by atoms with Crippen molar-refractivity contribution in [2.45, 2.75) is 25.6 Å². The summed E-state index contributed by atoms with van der Waals surface area (Å²) >= 11 is 0.873. The first-order valence-corrected chi connectivity index (χ1v) is 8.96. The molecule has 1 aromatic carbocycles. The van der Waals surface area contributed by atoms with Crippen LogP contribution in [0.2, 0.25) is 0 Å². The molecular weight excluding hydrogens is 370 g/mol. The summed E-state index contributed by atoms with van der Waals surface area (Å²) in [4.78, 5) is 23.5. The number of hydrogen-bond acceptors (Lipinski definition) is 7. The molecule has 8 nitrogen and oxygen atoms in total. The molecule has 3 rings (SSSR count). The minimum Gasteiger partial charge on any atom is -0.477 e. The number of carboxylic acid groups (broad SMARTS) is 1. The zero-order valence-corrected chi connectivity index (χ0v) is 15.5. The lowest BCUT2D eigenvalue weighted by Crippen LogP contribution is -2.12. The molecule has 0 unspecified atom stereocenters. The van der Waals surface area contributed by atoms with Crippen LogP contribution in [0, 0.1) is 6.92 Å². The molecule has 9 heteroatoms. The number of nitrogens with zero attached hydrogens (tertiary/aromatic N) is 3. The molecule has 0 fully saturated rings. The minimum absolute atomic E-state index is 0.0256. The average Bonchev–Trinajstić information content (AvgIpc) is 3.19. The molecular formula is C18H17N3O5S. The number of aliphatic carboxylic acids is 1. The van der Waals surface area contributed by atoms with Gasteiger partial charge < -0.3 is 18.8 Å². The van der Waals surface area contributed by atoms with E-state index in [1.54, 1.807) is 24.6 Å². The summed E-state index contributed by atoms with van der Waals surface area (Å²) in [5, 5.41) is 18.0. The largest absolute Gasteiger partial charge is 0.477 e. The molecule has 0 aliphatic carbocycles. The first-order chi connectivity index (χ1) is 13.0. The van der Waals surface area contributed by atoms with Crippen molar-refractivity contribution in [3.05, 3.63) is 46.8 Å². The van der Waals surface area contributed by atoms with Crippen molar-refractivity contribution < 1.29 is 23.8 Å². The number of benzene rings is 1. The highest BCUT2D eigenvalue weighted by Crippen LogP contribution is 2.30. The van der Waals surface area contributed by atoms with Crippen molar-refractivity contribution >= 4 is 40.7 Å². The molecule has 0 saturated heterocycles. The van der Waals surface area contributed by atoms with Gasteiger partial charge in [-0.2, -0.15) is 0 Å². The number of carbonyl (C=O) groups is 2. The van der Waals surface area contributed by atoms with Gasteiger partial charge in [-0.05, 0) is 30.8 Å². The second kappa shape index (κ2) is 8.09. The summed E-state index contributed by atoms with van der Waals surface area (Å²) < 4.78 is 12.0. The Kier molecular flexibility index (Phi) is 5.60. The van der Waals surface area contributed by atoms with Crippen molar-refractivity contribution in [2.75, 3.05) is 6.61 Å². The van der Waals surface area contributed by atoms with Crippen LogP contribution in [-0.4, -0.2) is 38.4 Å². The number of esters is 1. The highest BCUT2D eigenvalue weighted by molar-refractivity contribution is 8.03. The topological polar surface area (TPSA) is 107 Å². The Hall–Kier alpha value is -3.07. The van der Waals surface area contributed by atoms with Crippen LogP contribution in [0.25, 0.3) is 17.0 Å². The van der Waals surface area contributed by atoms with E-state index in [1.165, 1.54) is 6.08 Å². The number of fused-ring (bicyclic) bond motifs is 1. The number of rotatable bonds is 7. The van der Waals surface area contributed by atoms with Crippen molar-refractivity contribution in [3.8, 4) is 0 Å². The van der Waals surface area contributed by atoms with Gasteiger partial charge in [-0.25, -0.2) is 4.79 Å². The highest BCUT2D eigenvalue weighted by atomic mass is 32.2. The molecule has 0 aliphatic heterocycles. The summed E-state index contributed by atoms with van der Waals surface area (Å²) in [5.41, 5.74) is 1.47. The average molecular weight is 387 g/mol. The number of thioether (sulfide) groups is 1. The number of aryl methyl sites for hydroxylation is 1. The van der Waals surface area contributed by atoms with Crippen LogP contribution in [0.4, 0.5) is 0 Å². The Morgan fingerprint density at radius 2 is 2.11 bits per heavy atom. The Balaban J connectivity index is 1.99. The summed E-state index contributed by atoms with van der Waals surface area (Å²) in [5.74, 6) is -1.12. The van der Waals surface area contributed by atoms with Crippen LogP contribution >= 0.6 is 11.8 Å². The van der Waals surface area contributed by atoms with Crippen LogP contribution in [0.1, 0.15) is 18.4 Å². The molecule has 0 saturated carbocycles. The zero-order valence-electron chi connectivity index (χ0n) is 14.7. The fourth-order valence-electron chi connectivity index (χ4n) is 2.56. The molecule has 1 N–H and O–H groups in total. The minimum atomic E-state index is -1.11. The van der Waals surface area contributed by atoms with E-state index in [1.807, 2.05) is 24.3 Å². The van der Waals surface area contributed by atoms with Crippen LogP contribution in [-0.2, 0) is 20.9 Å². The van der Waals surface area contributed by atoms with Crippen LogP contribution in [0.3, 0.4) is 0 Å². The van der Waals surface area contributed by atoms with Gasteiger partial charge in [0, 0.05) is 29.6 Å². The molecule has 3 aromatic rings. The van der Waals surface area contributed by atoms with Crippen LogP contribution in [0.5, 0.6) is 0 Å². The fourth-order valence-corrected chi connectivity index (χ4v) is 3.26. The lowest BCUT2D eigenvalue weighted by molar-refractivity contribution is -0.143. The van der Waals surface area contributed by atoms with Gasteiger partial charge in [0.05, 0.1) is 6.61 Å². The van der Waals surface area contributed by atoms with E-state index in [-0.39, 0.29) is 22.6 Å². The van der Waals surface area contributed by atoms with Gasteiger partial charge in [0.1, 0.15) is 11.4 Å². The zero-order chi connectivity index (χ0) is 19.4. The summed E-state index contributed by atoms with van der Waals surface area (Å²) in [6.45, 7) is 3.72.